The van der Waals surface area contributed by atoms with E-state index < -0.39 is 15.9 Å². The van der Waals surface area contributed by atoms with Crippen molar-refractivity contribution in [3.05, 3.63) is 53.8 Å². The Morgan fingerprint density at radius 3 is 2.29 bits per heavy atom. The molecular weight excluding hydrogens is 420 g/mol. The van der Waals surface area contributed by atoms with Crippen LogP contribution in [0, 0.1) is 0 Å². The number of benzene rings is 1. The minimum atomic E-state index is -3.86. The summed E-state index contributed by atoms with van der Waals surface area (Å²) in [6.45, 7) is 5.65. The van der Waals surface area contributed by atoms with E-state index in [-0.39, 0.29) is 41.8 Å². The molecule has 0 spiro atoms. The zero-order valence-electron chi connectivity index (χ0n) is 17.7. The standard InChI is InChI=1S/C21H28N4O5S/c1-15(17-6-4-3-5-7-17)14-23-21(27)16(2)24-10-12-25(13-11-24)31(28,29)19-9-8-18(30-19)20(22)26/h3-9,15-16H,10-14H2,1-2H3,(H2,22,26)(H,23,27)/t15-,16+/m1/s1. The normalized spacial score (nSPS) is 17.7. The molecule has 1 aromatic carbocycles. The molecule has 1 aliphatic heterocycles. The summed E-state index contributed by atoms with van der Waals surface area (Å²) in [5, 5.41) is 2.68. The van der Waals surface area contributed by atoms with Crippen molar-refractivity contribution in [1.82, 2.24) is 14.5 Å². The molecule has 0 radical (unpaired) electrons. The average Bonchev–Trinajstić information content (AvgIpc) is 3.29. The number of nitrogens with one attached hydrogen (secondary N) is 1. The first-order valence-electron chi connectivity index (χ1n) is 10.2. The van der Waals surface area contributed by atoms with Gasteiger partial charge in [0.1, 0.15) is 0 Å². The van der Waals surface area contributed by atoms with Crippen molar-refractivity contribution < 1.29 is 22.4 Å². The van der Waals surface area contributed by atoms with Crippen LogP contribution in [0.1, 0.15) is 35.9 Å². The zero-order chi connectivity index (χ0) is 22.6. The van der Waals surface area contributed by atoms with Crippen LogP contribution in [0.15, 0.2) is 52.0 Å². The largest absolute Gasteiger partial charge is 0.438 e. The molecule has 1 saturated heterocycles. The molecular formula is C21H28N4O5S. The summed E-state index contributed by atoms with van der Waals surface area (Å²) in [4.78, 5) is 25.7. The van der Waals surface area contributed by atoms with Gasteiger partial charge in [0.05, 0.1) is 6.04 Å². The van der Waals surface area contributed by atoms with E-state index in [4.69, 9.17) is 10.2 Å². The fourth-order valence-electron chi connectivity index (χ4n) is 3.52. The van der Waals surface area contributed by atoms with E-state index in [0.717, 1.165) is 5.56 Å². The molecule has 3 N–H and O–H groups in total. The van der Waals surface area contributed by atoms with Gasteiger partial charge in [-0.05, 0) is 30.5 Å². The molecule has 1 aromatic heterocycles. The number of carbonyl (C=O) groups is 2. The number of carbonyl (C=O) groups excluding carboxylic acids is 2. The highest BCUT2D eigenvalue weighted by atomic mass is 32.2. The second-order valence-corrected chi connectivity index (χ2v) is 9.52. The number of amides is 2. The Bertz CT molecular complexity index is 1010. The maximum Gasteiger partial charge on any atom is 0.284 e. The van der Waals surface area contributed by atoms with Crippen molar-refractivity contribution in [2.75, 3.05) is 32.7 Å². The van der Waals surface area contributed by atoms with Gasteiger partial charge in [-0.1, -0.05) is 37.3 Å². The van der Waals surface area contributed by atoms with Crippen molar-refractivity contribution in [3.63, 3.8) is 0 Å². The topological polar surface area (TPSA) is 126 Å². The first-order chi connectivity index (χ1) is 14.7. The number of primary amides is 1. The molecule has 2 amide bonds. The Kier molecular flexibility index (Phi) is 7.14. The number of furan rings is 1. The van der Waals surface area contributed by atoms with Crippen LogP contribution < -0.4 is 11.1 Å². The molecule has 0 aliphatic carbocycles. The fraction of sp³-hybridized carbons (Fsp3) is 0.429. The number of rotatable bonds is 8. The van der Waals surface area contributed by atoms with E-state index in [9.17, 15) is 18.0 Å². The lowest BCUT2D eigenvalue weighted by Crippen LogP contribution is -2.55. The second kappa shape index (κ2) is 9.63. The number of nitrogens with zero attached hydrogens (tertiary/aromatic N) is 2. The zero-order valence-corrected chi connectivity index (χ0v) is 18.5. The Labute approximate surface area is 182 Å². The lowest BCUT2D eigenvalue weighted by Gasteiger charge is -2.36. The Morgan fingerprint density at radius 1 is 1.06 bits per heavy atom. The summed E-state index contributed by atoms with van der Waals surface area (Å²) in [7, 11) is -3.86. The lowest BCUT2D eigenvalue weighted by atomic mass is 10.0. The molecule has 9 nitrogen and oxygen atoms in total. The van der Waals surface area contributed by atoms with Gasteiger partial charge < -0.3 is 15.5 Å². The molecule has 0 saturated carbocycles. The van der Waals surface area contributed by atoms with Gasteiger partial charge in [0, 0.05) is 32.7 Å². The number of nitrogens with two attached hydrogens (primary N) is 1. The Morgan fingerprint density at radius 2 is 1.71 bits per heavy atom. The smallest absolute Gasteiger partial charge is 0.284 e. The van der Waals surface area contributed by atoms with Crippen LogP contribution in [0.25, 0.3) is 0 Å². The van der Waals surface area contributed by atoms with E-state index in [2.05, 4.69) is 12.2 Å². The van der Waals surface area contributed by atoms with Gasteiger partial charge in [-0.2, -0.15) is 4.31 Å². The molecule has 2 aromatic rings. The molecule has 0 unspecified atom stereocenters. The van der Waals surface area contributed by atoms with Crippen LogP contribution >= 0.6 is 0 Å². The van der Waals surface area contributed by atoms with Gasteiger partial charge in [0.25, 0.3) is 15.9 Å². The average molecular weight is 449 g/mol. The third-order valence-corrected chi connectivity index (χ3v) is 7.34. The monoisotopic (exact) mass is 448 g/mol. The highest BCUT2D eigenvalue weighted by molar-refractivity contribution is 7.89. The van der Waals surface area contributed by atoms with Crippen LogP contribution in [0.5, 0.6) is 0 Å². The molecule has 31 heavy (non-hydrogen) atoms. The molecule has 1 fully saturated rings. The third kappa shape index (κ3) is 5.33. The van der Waals surface area contributed by atoms with Gasteiger partial charge in [-0.3, -0.25) is 14.5 Å². The van der Waals surface area contributed by atoms with Crippen molar-refractivity contribution in [2.24, 2.45) is 5.73 Å². The summed E-state index contributed by atoms with van der Waals surface area (Å²) < 4.78 is 31.8. The SMILES string of the molecule is C[C@H](CNC(=O)[C@H](C)N1CCN(S(=O)(=O)c2ccc(C(N)=O)o2)CC1)c1ccccc1. The lowest BCUT2D eigenvalue weighted by molar-refractivity contribution is -0.126. The molecule has 2 heterocycles. The quantitative estimate of drug-likeness (QED) is 0.620. The molecule has 3 rings (SSSR count). The van der Waals surface area contributed by atoms with E-state index in [1.807, 2.05) is 42.2 Å². The first kappa shape index (κ1) is 23.0. The van der Waals surface area contributed by atoms with Crippen molar-refractivity contribution in [1.29, 1.82) is 0 Å². The predicted molar refractivity (Wildman–Crippen MR) is 115 cm³/mol. The van der Waals surface area contributed by atoms with Crippen LogP contribution in [-0.2, 0) is 14.8 Å². The van der Waals surface area contributed by atoms with Crippen molar-refractivity contribution >= 4 is 21.8 Å². The number of hydrogen-bond donors (Lipinski definition) is 2. The fourth-order valence-corrected chi connectivity index (χ4v) is 4.85. The summed E-state index contributed by atoms with van der Waals surface area (Å²) in [5.41, 5.74) is 6.28. The molecule has 1 aliphatic rings. The summed E-state index contributed by atoms with van der Waals surface area (Å²) >= 11 is 0. The van der Waals surface area contributed by atoms with Gasteiger partial charge >= 0.3 is 0 Å². The van der Waals surface area contributed by atoms with E-state index in [1.165, 1.54) is 16.4 Å². The van der Waals surface area contributed by atoms with Crippen LogP contribution in [-0.4, -0.2) is 68.2 Å². The number of sulfonamides is 1. The number of hydrogen-bond acceptors (Lipinski definition) is 6. The molecule has 2 atom stereocenters. The third-order valence-electron chi connectivity index (χ3n) is 5.57. The highest BCUT2D eigenvalue weighted by Crippen LogP contribution is 2.21. The molecule has 0 bridgehead atoms. The first-order valence-corrected chi connectivity index (χ1v) is 11.6. The van der Waals surface area contributed by atoms with Crippen molar-refractivity contribution in [3.8, 4) is 0 Å². The summed E-state index contributed by atoms with van der Waals surface area (Å²) in [6.07, 6.45) is 0. The minimum absolute atomic E-state index is 0.0868. The molecule has 10 heteroatoms. The van der Waals surface area contributed by atoms with Crippen molar-refractivity contribution in [2.45, 2.75) is 30.9 Å². The minimum Gasteiger partial charge on any atom is -0.438 e. The van der Waals surface area contributed by atoms with Crippen LogP contribution in [0.2, 0.25) is 0 Å². The maximum absolute atomic E-state index is 12.7. The summed E-state index contributed by atoms with van der Waals surface area (Å²) in [6, 6.07) is 12.1. The van der Waals surface area contributed by atoms with Gasteiger partial charge in [0.2, 0.25) is 11.0 Å². The Hall–Kier alpha value is -2.69. The van der Waals surface area contributed by atoms with E-state index in [1.54, 1.807) is 0 Å². The maximum atomic E-state index is 12.7. The predicted octanol–water partition coefficient (Wildman–Crippen LogP) is 0.993. The van der Waals surface area contributed by atoms with Gasteiger partial charge in [-0.25, -0.2) is 8.42 Å². The molecule has 168 valence electrons. The Balaban J connectivity index is 1.52. The summed E-state index contributed by atoms with van der Waals surface area (Å²) in [5.74, 6) is -0.922. The van der Waals surface area contributed by atoms with E-state index >= 15 is 0 Å². The van der Waals surface area contributed by atoms with E-state index in [0.29, 0.717) is 19.6 Å². The second-order valence-electron chi connectivity index (χ2n) is 7.66. The van der Waals surface area contributed by atoms with Gasteiger partial charge in [0.15, 0.2) is 5.76 Å². The highest BCUT2D eigenvalue weighted by Gasteiger charge is 2.33. The number of piperazine rings is 1. The van der Waals surface area contributed by atoms with Crippen LogP contribution in [0.3, 0.4) is 0 Å². The van der Waals surface area contributed by atoms with Crippen LogP contribution in [0.4, 0.5) is 0 Å². The van der Waals surface area contributed by atoms with Gasteiger partial charge in [-0.15, -0.1) is 0 Å².